The van der Waals surface area contributed by atoms with Gasteiger partial charge < -0.3 is 20.1 Å². The van der Waals surface area contributed by atoms with Gasteiger partial charge in [-0.1, -0.05) is 0 Å². The first-order valence-electron chi connectivity index (χ1n) is 7.76. The molecule has 2 N–H and O–H groups in total. The van der Waals surface area contributed by atoms with Gasteiger partial charge in [0, 0.05) is 12.5 Å². The van der Waals surface area contributed by atoms with E-state index in [9.17, 15) is 4.79 Å². The summed E-state index contributed by atoms with van der Waals surface area (Å²) >= 11 is 1.86. The van der Waals surface area contributed by atoms with Crippen molar-refractivity contribution in [1.29, 1.82) is 0 Å². The normalized spacial score (nSPS) is 31.4. The summed E-state index contributed by atoms with van der Waals surface area (Å²) < 4.78 is 11.1. The van der Waals surface area contributed by atoms with Gasteiger partial charge in [0.2, 0.25) is 0 Å². The van der Waals surface area contributed by atoms with Crippen LogP contribution in [0.3, 0.4) is 0 Å². The van der Waals surface area contributed by atoms with E-state index in [0.29, 0.717) is 5.92 Å². The molecule has 1 heterocycles. The number of hydrogen-bond acceptors (Lipinski definition) is 5. The van der Waals surface area contributed by atoms with E-state index < -0.39 is 5.60 Å². The molecule has 4 atom stereocenters. The number of alkyl carbamates (subject to hydrolysis) is 1. The number of rotatable bonds is 6. The maximum absolute atomic E-state index is 12.0. The molecule has 1 saturated carbocycles. The van der Waals surface area contributed by atoms with E-state index in [1.165, 1.54) is 0 Å². The fourth-order valence-electron chi connectivity index (χ4n) is 3.08. The van der Waals surface area contributed by atoms with Crippen LogP contribution in [-0.2, 0) is 9.47 Å². The molecular formula is C15H28N2O3S. The molecule has 1 aliphatic carbocycles. The highest BCUT2D eigenvalue weighted by atomic mass is 32.2. The van der Waals surface area contributed by atoms with Crippen molar-refractivity contribution in [3.05, 3.63) is 0 Å². The Kier molecular flexibility index (Phi) is 5.80. The summed E-state index contributed by atoms with van der Waals surface area (Å²) in [5, 5.41) is 6.56. The monoisotopic (exact) mass is 316 g/mol. The first kappa shape index (κ1) is 16.9. The van der Waals surface area contributed by atoms with Crippen molar-refractivity contribution in [2.45, 2.75) is 57.4 Å². The summed E-state index contributed by atoms with van der Waals surface area (Å²) in [6.07, 6.45) is 4.20. The molecule has 2 aliphatic rings. The zero-order valence-electron chi connectivity index (χ0n) is 13.5. The van der Waals surface area contributed by atoms with Gasteiger partial charge in [-0.2, -0.15) is 11.8 Å². The van der Waals surface area contributed by atoms with Crippen molar-refractivity contribution in [2.24, 2.45) is 5.92 Å². The lowest BCUT2D eigenvalue weighted by atomic mass is 9.71. The van der Waals surface area contributed by atoms with Gasteiger partial charge in [-0.05, 0) is 52.2 Å². The van der Waals surface area contributed by atoms with E-state index in [1.54, 1.807) is 0 Å². The Balaban J connectivity index is 1.82. The molecule has 21 heavy (non-hydrogen) atoms. The highest BCUT2D eigenvalue weighted by Gasteiger charge is 2.54. The average Bonchev–Trinajstić information content (AvgIpc) is 2.78. The highest BCUT2D eigenvalue weighted by Crippen LogP contribution is 2.39. The van der Waals surface area contributed by atoms with Crippen LogP contribution in [0.25, 0.3) is 0 Å². The quantitative estimate of drug-likeness (QED) is 0.734. The molecule has 4 unspecified atom stereocenters. The van der Waals surface area contributed by atoms with E-state index in [0.717, 1.165) is 31.7 Å². The van der Waals surface area contributed by atoms with E-state index in [-0.39, 0.29) is 24.3 Å². The molecule has 0 radical (unpaired) electrons. The number of nitrogens with one attached hydrogen (secondary N) is 2. The third-order valence-electron chi connectivity index (χ3n) is 3.97. The number of carbonyl (C=O) groups is 1. The van der Waals surface area contributed by atoms with Gasteiger partial charge in [-0.15, -0.1) is 0 Å². The molecule has 1 saturated heterocycles. The maximum atomic E-state index is 12.0. The highest BCUT2D eigenvalue weighted by molar-refractivity contribution is 7.98. The lowest BCUT2D eigenvalue weighted by molar-refractivity contribution is -0.0335. The van der Waals surface area contributed by atoms with E-state index in [1.807, 2.05) is 32.5 Å². The Morgan fingerprint density at radius 1 is 1.38 bits per heavy atom. The van der Waals surface area contributed by atoms with Crippen LogP contribution >= 0.6 is 11.8 Å². The molecule has 122 valence electrons. The molecule has 0 spiro atoms. The number of thioether (sulfide) groups is 1. The lowest BCUT2D eigenvalue weighted by Crippen LogP contribution is -2.70. The van der Waals surface area contributed by atoms with Gasteiger partial charge in [-0.25, -0.2) is 4.79 Å². The van der Waals surface area contributed by atoms with Crippen molar-refractivity contribution in [3.63, 3.8) is 0 Å². The summed E-state index contributed by atoms with van der Waals surface area (Å²) in [5.41, 5.74) is -0.458. The van der Waals surface area contributed by atoms with Gasteiger partial charge in [-0.3, -0.25) is 0 Å². The smallest absolute Gasteiger partial charge is 0.407 e. The van der Waals surface area contributed by atoms with E-state index in [4.69, 9.17) is 9.47 Å². The minimum atomic E-state index is -0.458. The van der Waals surface area contributed by atoms with Crippen LogP contribution in [0.15, 0.2) is 0 Å². The van der Waals surface area contributed by atoms with E-state index in [2.05, 4.69) is 16.9 Å². The van der Waals surface area contributed by atoms with Crippen LogP contribution in [0.5, 0.6) is 0 Å². The third kappa shape index (κ3) is 4.50. The Labute approximate surface area is 131 Å². The van der Waals surface area contributed by atoms with Crippen LogP contribution < -0.4 is 10.6 Å². The number of carbonyl (C=O) groups excluding carboxylic acids is 1. The Bertz CT molecular complexity index is 359. The summed E-state index contributed by atoms with van der Waals surface area (Å²) in [6.45, 7) is 7.41. The van der Waals surface area contributed by atoms with Crippen molar-refractivity contribution in [3.8, 4) is 0 Å². The van der Waals surface area contributed by atoms with Gasteiger partial charge >= 0.3 is 6.09 Å². The van der Waals surface area contributed by atoms with Gasteiger partial charge in [0.25, 0.3) is 0 Å². The van der Waals surface area contributed by atoms with Crippen molar-refractivity contribution in [2.75, 3.05) is 25.2 Å². The number of amides is 1. The minimum absolute atomic E-state index is 0.127. The standard InChI is InChI=1S/C15H28N2O3S/c1-15(2,3)20-14(18)17-11-10-6-8-19-13(10)12(11)16-7-5-9-21-4/h10-13,16H,5-9H2,1-4H3,(H,17,18). The summed E-state index contributed by atoms with van der Waals surface area (Å²) in [7, 11) is 0. The van der Waals surface area contributed by atoms with Crippen molar-refractivity contribution in [1.82, 2.24) is 10.6 Å². The maximum Gasteiger partial charge on any atom is 0.407 e. The third-order valence-corrected chi connectivity index (χ3v) is 4.67. The summed E-state index contributed by atoms with van der Waals surface area (Å²) in [5.74, 6) is 1.58. The Hall–Kier alpha value is -0.460. The summed E-state index contributed by atoms with van der Waals surface area (Å²) in [4.78, 5) is 12.0. The molecule has 0 bridgehead atoms. The SMILES string of the molecule is CSCCCNC1C(NC(=O)OC(C)(C)C)C2CCOC21. The van der Waals surface area contributed by atoms with Crippen LogP contribution in [0, 0.1) is 5.92 Å². The molecular weight excluding hydrogens is 288 g/mol. The second kappa shape index (κ2) is 7.20. The molecule has 2 rings (SSSR count). The number of hydrogen-bond donors (Lipinski definition) is 2. The zero-order valence-corrected chi connectivity index (χ0v) is 14.3. The minimum Gasteiger partial charge on any atom is -0.444 e. The Morgan fingerprint density at radius 3 is 2.81 bits per heavy atom. The molecule has 1 aliphatic heterocycles. The van der Waals surface area contributed by atoms with Gasteiger partial charge in [0.1, 0.15) is 5.60 Å². The first-order valence-corrected chi connectivity index (χ1v) is 9.15. The molecule has 2 fully saturated rings. The van der Waals surface area contributed by atoms with E-state index >= 15 is 0 Å². The lowest BCUT2D eigenvalue weighted by Gasteiger charge is -2.48. The molecule has 1 amide bonds. The molecule has 0 aromatic rings. The molecule has 0 aromatic carbocycles. The molecule has 0 aromatic heterocycles. The number of fused-ring (bicyclic) bond motifs is 1. The summed E-state index contributed by atoms with van der Waals surface area (Å²) in [6, 6.07) is 0.341. The Morgan fingerprint density at radius 2 is 2.14 bits per heavy atom. The van der Waals surface area contributed by atoms with Gasteiger partial charge in [0.15, 0.2) is 0 Å². The molecule has 5 nitrogen and oxygen atoms in total. The van der Waals surface area contributed by atoms with Crippen LogP contribution in [0.4, 0.5) is 4.79 Å². The zero-order chi connectivity index (χ0) is 15.5. The van der Waals surface area contributed by atoms with Crippen LogP contribution in [0.2, 0.25) is 0 Å². The van der Waals surface area contributed by atoms with Crippen LogP contribution in [-0.4, -0.2) is 55.0 Å². The van der Waals surface area contributed by atoms with Crippen LogP contribution in [0.1, 0.15) is 33.6 Å². The average molecular weight is 316 g/mol. The predicted molar refractivity (Wildman–Crippen MR) is 85.8 cm³/mol. The fraction of sp³-hybridized carbons (Fsp3) is 0.933. The topological polar surface area (TPSA) is 59.6 Å². The second-order valence-electron chi connectivity index (χ2n) is 6.79. The van der Waals surface area contributed by atoms with Crippen molar-refractivity contribution >= 4 is 17.9 Å². The predicted octanol–water partition coefficient (Wildman–Crippen LogP) is 2.01. The second-order valence-corrected chi connectivity index (χ2v) is 7.77. The fourth-order valence-corrected chi connectivity index (χ4v) is 3.51. The largest absolute Gasteiger partial charge is 0.444 e. The first-order chi connectivity index (χ1) is 9.92. The van der Waals surface area contributed by atoms with Crippen molar-refractivity contribution < 1.29 is 14.3 Å². The molecule has 6 heteroatoms. The number of ether oxygens (including phenoxy) is 2. The van der Waals surface area contributed by atoms with Gasteiger partial charge in [0.05, 0.1) is 18.2 Å².